The molecule has 15 heavy (non-hydrogen) atoms. The van der Waals surface area contributed by atoms with Crippen LogP contribution in [0.25, 0.3) is 0 Å². The maximum absolute atomic E-state index is 5.92. The Morgan fingerprint density at radius 2 is 2.07 bits per heavy atom. The van der Waals surface area contributed by atoms with Gasteiger partial charge in [0.05, 0.1) is 11.9 Å². The van der Waals surface area contributed by atoms with E-state index < -0.39 is 0 Å². The molecule has 1 aliphatic rings. The minimum absolute atomic E-state index is 0.164. The molecular formula is C9H11Cl2N3O. The molecule has 0 radical (unpaired) electrons. The van der Waals surface area contributed by atoms with Crippen molar-refractivity contribution in [1.29, 1.82) is 0 Å². The molecule has 1 aromatic rings. The quantitative estimate of drug-likeness (QED) is 0.644. The Morgan fingerprint density at radius 3 is 2.73 bits per heavy atom. The van der Waals surface area contributed by atoms with Gasteiger partial charge in [-0.05, 0) is 24.4 Å². The fraction of sp³-hybridized carbons (Fsp3) is 0.556. The lowest BCUT2D eigenvalue weighted by molar-refractivity contribution is 0.0904. The summed E-state index contributed by atoms with van der Waals surface area (Å²) in [7, 11) is 0. The van der Waals surface area contributed by atoms with Crippen molar-refractivity contribution in [2.75, 3.05) is 18.5 Å². The fourth-order valence-corrected chi connectivity index (χ4v) is 1.86. The van der Waals surface area contributed by atoms with Gasteiger partial charge in [-0.2, -0.15) is 0 Å². The maximum Gasteiger partial charge on any atom is 0.223 e. The average Bonchev–Trinajstić information content (AvgIpc) is 2.24. The van der Waals surface area contributed by atoms with E-state index in [2.05, 4.69) is 15.3 Å². The smallest absolute Gasteiger partial charge is 0.223 e. The highest BCUT2D eigenvalue weighted by Gasteiger charge is 2.15. The molecule has 2 rings (SSSR count). The number of nitrogens with one attached hydrogen (secondary N) is 1. The molecule has 4 nitrogen and oxygen atoms in total. The van der Waals surface area contributed by atoms with Crippen LogP contribution in [0.3, 0.4) is 0 Å². The van der Waals surface area contributed by atoms with Gasteiger partial charge in [0.2, 0.25) is 5.28 Å². The van der Waals surface area contributed by atoms with Crippen LogP contribution in [0.4, 0.5) is 5.69 Å². The van der Waals surface area contributed by atoms with Crippen molar-refractivity contribution in [2.45, 2.75) is 18.9 Å². The summed E-state index contributed by atoms with van der Waals surface area (Å²) in [4.78, 5) is 7.75. The number of anilines is 1. The largest absolute Gasteiger partial charge is 0.381 e. The third-order valence-corrected chi connectivity index (χ3v) is 2.76. The molecule has 0 unspecified atom stereocenters. The molecule has 0 amide bonds. The van der Waals surface area contributed by atoms with Gasteiger partial charge in [-0.1, -0.05) is 11.6 Å². The lowest BCUT2D eigenvalue weighted by Gasteiger charge is -2.24. The Labute approximate surface area is 98.0 Å². The van der Waals surface area contributed by atoms with Crippen molar-refractivity contribution >= 4 is 28.9 Å². The minimum atomic E-state index is 0.164. The van der Waals surface area contributed by atoms with Gasteiger partial charge in [0.1, 0.15) is 0 Å². The number of ether oxygens (including phenoxy) is 1. The van der Waals surface area contributed by atoms with Gasteiger partial charge in [0.15, 0.2) is 5.15 Å². The van der Waals surface area contributed by atoms with Gasteiger partial charge in [0.25, 0.3) is 0 Å². The number of rotatable bonds is 2. The van der Waals surface area contributed by atoms with Crippen LogP contribution >= 0.6 is 23.2 Å². The topological polar surface area (TPSA) is 47.0 Å². The monoisotopic (exact) mass is 247 g/mol. The van der Waals surface area contributed by atoms with Crippen LogP contribution in [-0.4, -0.2) is 29.2 Å². The van der Waals surface area contributed by atoms with E-state index in [1.807, 2.05) is 0 Å². The standard InChI is InChI=1S/C9H11Cl2N3O/c10-8-7(5-12-9(11)14-8)13-6-1-3-15-4-2-6/h5-6,13H,1-4H2. The molecule has 0 aliphatic carbocycles. The van der Waals surface area contributed by atoms with Crippen molar-refractivity contribution in [3.8, 4) is 0 Å². The van der Waals surface area contributed by atoms with Crippen LogP contribution in [0, 0.1) is 0 Å². The molecule has 0 bridgehead atoms. The molecule has 0 aromatic carbocycles. The molecule has 82 valence electrons. The van der Waals surface area contributed by atoms with Crippen LogP contribution in [-0.2, 0) is 4.74 Å². The van der Waals surface area contributed by atoms with Crippen LogP contribution < -0.4 is 5.32 Å². The summed E-state index contributed by atoms with van der Waals surface area (Å²) >= 11 is 11.5. The van der Waals surface area contributed by atoms with E-state index in [0.717, 1.165) is 31.7 Å². The van der Waals surface area contributed by atoms with Crippen molar-refractivity contribution in [2.24, 2.45) is 0 Å². The van der Waals surface area contributed by atoms with Gasteiger partial charge in [0, 0.05) is 19.3 Å². The summed E-state index contributed by atoms with van der Waals surface area (Å²) in [6.45, 7) is 1.56. The van der Waals surface area contributed by atoms with E-state index in [-0.39, 0.29) is 5.28 Å². The average molecular weight is 248 g/mol. The first-order valence-corrected chi connectivity index (χ1v) is 5.53. The number of hydrogen-bond donors (Lipinski definition) is 1. The van der Waals surface area contributed by atoms with Crippen LogP contribution in [0.1, 0.15) is 12.8 Å². The molecule has 0 saturated carbocycles. The maximum atomic E-state index is 5.92. The van der Waals surface area contributed by atoms with Crippen molar-refractivity contribution in [3.05, 3.63) is 16.6 Å². The van der Waals surface area contributed by atoms with Crippen LogP contribution in [0.2, 0.25) is 10.4 Å². The van der Waals surface area contributed by atoms with Crippen molar-refractivity contribution < 1.29 is 4.74 Å². The highest BCUT2D eigenvalue weighted by Crippen LogP contribution is 2.22. The SMILES string of the molecule is Clc1ncc(NC2CCOCC2)c(Cl)n1. The molecule has 1 aromatic heterocycles. The number of aromatic nitrogens is 2. The third kappa shape index (κ3) is 2.93. The van der Waals surface area contributed by atoms with E-state index in [0.29, 0.717) is 11.2 Å². The highest BCUT2D eigenvalue weighted by atomic mass is 35.5. The summed E-state index contributed by atoms with van der Waals surface area (Å²) in [5.41, 5.74) is 0.730. The van der Waals surface area contributed by atoms with Gasteiger partial charge < -0.3 is 10.1 Å². The van der Waals surface area contributed by atoms with Crippen molar-refractivity contribution in [1.82, 2.24) is 9.97 Å². The Hall–Kier alpha value is -0.580. The molecule has 1 N–H and O–H groups in total. The zero-order valence-electron chi connectivity index (χ0n) is 8.04. The van der Waals surface area contributed by atoms with Gasteiger partial charge in [-0.15, -0.1) is 0 Å². The Balaban J connectivity index is 2.03. The summed E-state index contributed by atoms with van der Waals surface area (Å²) in [6.07, 6.45) is 3.55. The molecule has 2 heterocycles. The number of halogens is 2. The zero-order chi connectivity index (χ0) is 10.7. The zero-order valence-corrected chi connectivity index (χ0v) is 9.55. The molecule has 0 atom stereocenters. The van der Waals surface area contributed by atoms with E-state index in [4.69, 9.17) is 27.9 Å². The molecule has 6 heteroatoms. The predicted octanol–water partition coefficient (Wildman–Crippen LogP) is 2.37. The van der Waals surface area contributed by atoms with Gasteiger partial charge in [-0.3, -0.25) is 0 Å². The molecule has 1 fully saturated rings. The Kier molecular flexibility index (Phi) is 3.61. The Morgan fingerprint density at radius 1 is 1.33 bits per heavy atom. The number of hydrogen-bond acceptors (Lipinski definition) is 4. The second-order valence-corrected chi connectivity index (χ2v) is 4.07. The summed E-state index contributed by atoms with van der Waals surface area (Å²) in [5.74, 6) is 0. The first-order chi connectivity index (χ1) is 7.25. The highest BCUT2D eigenvalue weighted by molar-refractivity contribution is 6.33. The summed E-state index contributed by atoms with van der Waals surface area (Å²) < 4.78 is 5.26. The molecule has 1 saturated heterocycles. The normalized spacial score (nSPS) is 17.7. The van der Waals surface area contributed by atoms with Crippen LogP contribution in [0.15, 0.2) is 6.20 Å². The summed E-state index contributed by atoms with van der Waals surface area (Å²) in [6, 6.07) is 0.376. The third-order valence-electron chi connectivity index (χ3n) is 2.29. The fourth-order valence-electron chi connectivity index (χ4n) is 1.50. The second-order valence-electron chi connectivity index (χ2n) is 3.37. The predicted molar refractivity (Wildman–Crippen MR) is 59.5 cm³/mol. The Bertz CT molecular complexity index is 342. The van der Waals surface area contributed by atoms with E-state index in [1.54, 1.807) is 6.20 Å². The number of nitrogens with zero attached hydrogens (tertiary/aromatic N) is 2. The lowest BCUT2D eigenvalue weighted by atomic mass is 10.1. The first kappa shape index (κ1) is 10.9. The van der Waals surface area contributed by atoms with Crippen LogP contribution in [0.5, 0.6) is 0 Å². The van der Waals surface area contributed by atoms with E-state index in [9.17, 15) is 0 Å². The van der Waals surface area contributed by atoms with Gasteiger partial charge in [-0.25, -0.2) is 9.97 Å². The minimum Gasteiger partial charge on any atom is -0.381 e. The second kappa shape index (κ2) is 4.96. The van der Waals surface area contributed by atoms with Crippen molar-refractivity contribution in [3.63, 3.8) is 0 Å². The van der Waals surface area contributed by atoms with E-state index >= 15 is 0 Å². The molecular weight excluding hydrogens is 237 g/mol. The molecule has 0 spiro atoms. The summed E-state index contributed by atoms with van der Waals surface area (Å²) in [5, 5.41) is 3.81. The van der Waals surface area contributed by atoms with E-state index in [1.165, 1.54) is 0 Å². The lowest BCUT2D eigenvalue weighted by Crippen LogP contribution is -2.28. The molecule has 1 aliphatic heterocycles. The first-order valence-electron chi connectivity index (χ1n) is 4.78. The van der Waals surface area contributed by atoms with Gasteiger partial charge >= 0.3 is 0 Å².